The Kier molecular flexibility index (Phi) is 5.47. The van der Waals surface area contributed by atoms with Crippen LogP contribution in [0.4, 0.5) is 5.69 Å². The van der Waals surface area contributed by atoms with Gasteiger partial charge in [0, 0.05) is 17.7 Å². The normalized spacial score (nSPS) is 11.4. The molecule has 3 rings (SSSR count). The molecule has 1 atom stereocenters. The number of hydrogen-bond acceptors (Lipinski definition) is 4. The summed E-state index contributed by atoms with van der Waals surface area (Å²) < 4.78 is 5.19. The summed E-state index contributed by atoms with van der Waals surface area (Å²) in [5.41, 5.74) is 2.13. The summed E-state index contributed by atoms with van der Waals surface area (Å²) in [6.45, 7) is 0. The molecular formula is C21H18N2O4. The Balaban J connectivity index is 1.88. The highest BCUT2D eigenvalue weighted by Crippen LogP contribution is 2.25. The highest BCUT2D eigenvalue weighted by Gasteiger charge is 2.18. The topological polar surface area (TPSA) is 81.5 Å². The highest BCUT2D eigenvalue weighted by atomic mass is 16.6. The largest absolute Gasteiger partial charge is 0.497 e. The maximum atomic E-state index is 12.7. The van der Waals surface area contributed by atoms with Gasteiger partial charge in [0.25, 0.3) is 11.6 Å². The third-order valence-corrected chi connectivity index (χ3v) is 4.20. The zero-order valence-corrected chi connectivity index (χ0v) is 14.7. The lowest BCUT2D eigenvalue weighted by atomic mass is 9.98. The molecule has 0 aliphatic rings. The number of rotatable bonds is 6. The van der Waals surface area contributed by atoms with Gasteiger partial charge in [-0.3, -0.25) is 14.9 Å². The minimum atomic E-state index is -0.494. The molecule has 3 aromatic rings. The third kappa shape index (κ3) is 4.30. The summed E-state index contributed by atoms with van der Waals surface area (Å²) in [4.78, 5) is 23.0. The first kappa shape index (κ1) is 18.1. The number of non-ortho nitro benzene ring substituents is 1. The maximum absolute atomic E-state index is 12.7. The number of hydrogen-bond donors (Lipinski definition) is 1. The Morgan fingerprint density at radius 3 is 2.07 bits per heavy atom. The summed E-state index contributed by atoms with van der Waals surface area (Å²) >= 11 is 0. The van der Waals surface area contributed by atoms with E-state index in [1.54, 1.807) is 7.11 Å². The molecule has 0 bridgehead atoms. The van der Waals surface area contributed by atoms with Crippen LogP contribution in [-0.2, 0) is 0 Å². The van der Waals surface area contributed by atoms with E-state index >= 15 is 0 Å². The van der Waals surface area contributed by atoms with Crippen LogP contribution in [0.3, 0.4) is 0 Å². The zero-order valence-electron chi connectivity index (χ0n) is 14.7. The van der Waals surface area contributed by atoms with E-state index in [1.807, 2.05) is 54.6 Å². The fraction of sp³-hybridized carbons (Fsp3) is 0.0952. The van der Waals surface area contributed by atoms with Crippen LogP contribution < -0.4 is 10.1 Å². The lowest BCUT2D eigenvalue weighted by Crippen LogP contribution is -2.29. The molecule has 6 heteroatoms. The molecular weight excluding hydrogens is 344 g/mol. The minimum absolute atomic E-state index is 0.0543. The van der Waals surface area contributed by atoms with Gasteiger partial charge in [0.2, 0.25) is 0 Å². The van der Waals surface area contributed by atoms with Gasteiger partial charge in [0.1, 0.15) is 5.75 Å². The second-order valence-electron chi connectivity index (χ2n) is 5.89. The molecule has 27 heavy (non-hydrogen) atoms. The quantitative estimate of drug-likeness (QED) is 0.528. The molecule has 0 fully saturated rings. The molecule has 0 saturated carbocycles. The van der Waals surface area contributed by atoms with Crippen molar-refractivity contribution in [1.82, 2.24) is 5.32 Å². The van der Waals surface area contributed by atoms with Gasteiger partial charge < -0.3 is 10.1 Å². The molecule has 0 aliphatic carbocycles. The first-order valence-corrected chi connectivity index (χ1v) is 8.32. The highest BCUT2D eigenvalue weighted by molar-refractivity contribution is 5.94. The van der Waals surface area contributed by atoms with Gasteiger partial charge in [-0.25, -0.2) is 0 Å². The van der Waals surface area contributed by atoms with Gasteiger partial charge in [-0.15, -0.1) is 0 Å². The molecule has 3 aromatic carbocycles. The first-order chi connectivity index (χ1) is 13.1. The van der Waals surface area contributed by atoms with Crippen LogP contribution in [0.25, 0.3) is 0 Å². The van der Waals surface area contributed by atoms with Crippen LogP contribution >= 0.6 is 0 Å². The van der Waals surface area contributed by atoms with Gasteiger partial charge in [-0.1, -0.05) is 42.5 Å². The molecule has 0 unspecified atom stereocenters. The van der Waals surface area contributed by atoms with E-state index in [0.717, 1.165) is 16.9 Å². The van der Waals surface area contributed by atoms with Crippen molar-refractivity contribution in [1.29, 1.82) is 0 Å². The second-order valence-corrected chi connectivity index (χ2v) is 5.89. The fourth-order valence-corrected chi connectivity index (χ4v) is 2.75. The number of carbonyl (C=O) groups excluding carboxylic acids is 1. The standard InChI is InChI=1S/C21H18N2O4/c1-27-19-13-9-16(10-14-19)20(15-5-3-2-4-6-15)22-21(24)17-7-11-18(12-8-17)23(25)26/h2-14,20H,1H3,(H,22,24)/t20-/m0/s1. The average molecular weight is 362 g/mol. The van der Waals surface area contributed by atoms with Gasteiger partial charge in [0.05, 0.1) is 18.1 Å². The van der Waals surface area contributed by atoms with E-state index in [1.165, 1.54) is 24.3 Å². The van der Waals surface area contributed by atoms with E-state index in [0.29, 0.717) is 5.56 Å². The molecule has 0 radical (unpaired) electrons. The summed E-state index contributed by atoms with van der Waals surface area (Å²) in [7, 11) is 1.60. The van der Waals surface area contributed by atoms with E-state index in [-0.39, 0.29) is 17.6 Å². The number of carbonyl (C=O) groups is 1. The SMILES string of the molecule is COc1ccc([C@@H](NC(=O)c2ccc([N+](=O)[O-])cc2)c2ccccc2)cc1. The van der Waals surface area contributed by atoms with Crippen molar-refractivity contribution in [3.8, 4) is 5.75 Å². The molecule has 0 saturated heterocycles. The molecule has 136 valence electrons. The van der Waals surface area contributed by atoms with E-state index in [4.69, 9.17) is 4.74 Å². The Labute approximate surface area is 156 Å². The Bertz CT molecular complexity index is 923. The second kappa shape index (κ2) is 8.14. The number of methoxy groups -OCH3 is 1. The van der Waals surface area contributed by atoms with Crippen molar-refractivity contribution in [2.75, 3.05) is 7.11 Å². The van der Waals surface area contributed by atoms with Gasteiger partial charge in [0.15, 0.2) is 0 Å². The molecule has 0 aliphatic heterocycles. The molecule has 0 heterocycles. The lowest BCUT2D eigenvalue weighted by Gasteiger charge is -2.20. The Morgan fingerprint density at radius 1 is 0.926 bits per heavy atom. The Morgan fingerprint density at radius 2 is 1.52 bits per heavy atom. The van der Waals surface area contributed by atoms with Gasteiger partial charge in [-0.2, -0.15) is 0 Å². The Hall–Kier alpha value is -3.67. The fourth-order valence-electron chi connectivity index (χ4n) is 2.75. The monoisotopic (exact) mass is 362 g/mol. The number of nitro benzene ring substituents is 1. The number of ether oxygens (including phenoxy) is 1. The van der Waals surface area contributed by atoms with E-state index in [9.17, 15) is 14.9 Å². The van der Waals surface area contributed by atoms with Crippen LogP contribution in [0.2, 0.25) is 0 Å². The average Bonchev–Trinajstić information content (AvgIpc) is 2.72. The number of nitro groups is 1. The van der Waals surface area contributed by atoms with Gasteiger partial charge in [-0.05, 0) is 35.4 Å². The first-order valence-electron chi connectivity index (χ1n) is 8.32. The van der Waals surface area contributed by atoms with Gasteiger partial charge >= 0.3 is 0 Å². The van der Waals surface area contributed by atoms with Crippen molar-refractivity contribution >= 4 is 11.6 Å². The minimum Gasteiger partial charge on any atom is -0.497 e. The van der Waals surface area contributed by atoms with Crippen molar-refractivity contribution in [3.63, 3.8) is 0 Å². The van der Waals surface area contributed by atoms with E-state index in [2.05, 4.69) is 5.32 Å². The lowest BCUT2D eigenvalue weighted by molar-refractivity contribution is -0.384. The maximum Gasteiger partial charge on any atom is 0.269 e. The van der Waals surface area contributed by atoms with Crippen molar-refractivity contribution in [2.45, 2.75) is 6.04 Å². The van der Waals surface area contributed by atoms with Crippen LogP contribution in [-0.4, -0.2) is 17.9 Å². The molecule has 0 spiro atoms. The van der Waals surface area contributed by atoms with Crippen molar-refractivity contribution in [3.05, 3.63) is 106 Å². The van der Waals surface area contributed by atoms with Crippen molar-refractivity contribution in [2.24, 2.45) is 0 Å². The molecule has 6 nitrogen and oxygen atoms in total. The summed E-state index contributed by atoms with van der Waals surface area (Å²) in [5.74, 6) is 0.418. The molecule has 1 amide bonds. The van der Waals surface area contributed by atoms with Crippen LogP contribution in [0, 0.1) is 10.1 Å². The molecule has 1 N–H and O–H groups in total. The third-order valence-electron chi connectivity index (χ3n) is 4.20. The number of nitrogens with zero attached hydrogens (tertiary/aromatic N) is 1. The predicted molar refractivity (Wildman–Crippen MR) is 102 cm³/mol. The number of benzene rings is 3. The summed E-state index contributed by atoms with van der Waals surface area (Å²) in [5, 5.41) is 13.8. The van der Waals surface area contributed by atoms with Crippen LogP contribution in [0.15, 0.2) is 78.9 Å². The van der Waals surface area contributed by atoms with E-state index < -0.39 is 4.92 Å². The van der Waals surface area contributed by atoms with Crippen LogP contribution in [0.1, 0.15) is 27.5 Å². The smallest absolute Gasteiger partial charge is 0.269 e. The number of amides is 1. The predicted octanol–water partition coefficient (Wildman–Crippen LogP) is 4.12. The van der Waals surface area contributed by atoms with Crippen LogP contribution in [0.5, 0.6) is 5.75 Å². The molecule has 0 aromatic heterocycles. The summed E-state index contributed by atoms with van der Waals surface area (Å²) in [6.07, 6.45) is 0. The van der Waals surface area contributed by atoms with Crippen molar-refractivity contribution < 1.29 is 14.5 Å². The summed E-state index contributed by atoms with van der Waals surface area (Å²) in [6, 6.07) is 22.2. The number of nitrogens with one attached hydrogen (secondary N) is 1. The zero-order chi connectivity index (χ0) is 19.2.